The maximum atomic E-state index is 13.1. The van der Waals surface area contributed by atoms with E-state index in [1.165, 1.54) is 6.07 Å². The van der Waals surface area contributed by atoms with Crippen molar-refractivity contribution in [3.8, 4) is 5.75 Å². The van der Waals surface area contributed by atoms with Gasteiger partial charge in [-0.1, -0.05) is 22.0 Å². The lowest BCUT2D eigenvalue weighted by molar-refractivity contribution is 0.414. The Morgan fingerprint density at radius 3 is 2.63 bits per heavy atom. The Labute approximate surface area is 128 Å². The number of ether oxygens (including phenoxy) is 1. The molecule has 0 aliphatic carbocycles. The Morgan fingerprint density at radius 1 is 1.16 bits per heavy atom. The first kappa shape index (κ1) is 14.3. The van der Waals surface area contributed by atoms with E-state index in [0.29, 0.717) is 11.0 Å². The molecular formula is C14H12Br2FNO. The number of methoxy groups -OCH3 is 1. The summed E-state index contributed by atoms with van der Waals surface area (Å²) in [4.78, 5) is 0. The van der Waals surface area contributed by atoms with Crippen molar-refractivity contribution in [1.82, 2.24) is 0 Å². The van der Waals surface area contributed by atoms with Crippen LogP contribution in [0.2, 0.25) is 0 Å². The summed E-state index contributed by atoms with van der Waals surface area (Å²) in [6, 6.07) is 10.7. The van der Waals surface area contributed by atoms with Crippen LogP contribution >= 0.6 is 31.9 Å². The Morgan fingerprint density at radius 2 is 1.95 bits per heavy atom. The molecule has 0 aliphatic heterocycles. The molecule has 2 aromatic rings. The number of hydrogen-bond donors (Lipinski definition) is 1. The number of anilines is 1. The second kappa shape index (κ2) is 6.39. The second-order valence-corrected chi connectivity index (χ2v) is 5.75. The van der Waals surface area contributed by atoms with E-state index >= 15 is 0 Å². The van der Waals surface area contributed by atoms with E-state index in [2.05, 4.69) is 37.2 Å². The summed E-state index contributed by atoms with van der Waals surface area (Å²) < 4.78 is 19.7. The first-order valence-corrected chi connectivity index (χ1v) is 7.19. The minimum Gasteiger partial charge on any atom is -0.497 e. The number of benzene rings is 2. The standard InChI is InChI=1S/C14H12Br2FNO/c1-19-12-6-10(15)5-11(7-12)18-8-9-2-3-14(17)13(16)4-9/h2-7,18H,8H2,1H3. The lowest BCUT2D eigenvalue weighted by Gasteiger charge is -2.09. The molecule has 0 unspecified atom stereocenters. The van der Waals surface area contributed by atoms with Gasteiger partial charge in [-0.2, -0.15) is 0 Å². The lowest BCUT2D eigenvalue weighted by atomic mass is 10.2. The molecule has 2 rings (SSSR count). The molecule has 2 nitrogen and oxygen atoms in total. The average Bonchev–Trinajstić information content (AvgIpc) is 2.39. The highest BCUT2D eigenvalue weighted by Crippen LogP contribution is 2.25. The van der Waals surface area contributed by atoms with Crippen molar-refractivity contribution in [2.75, 3.05) is 12.4 Å². The number of halogens is 3. The quantitative estimate of drug-likeness (QED) is 0.798. The van der Waals surface area contributed by atoms with Gasteiger partial charge in [0.15, 0.2) is 0 Å². The summed E-state index contributed by atoms with van der Waals surface area (Å²) >= 11 is 6.60. The van der Waals surface area contributed by atoms with Crippen LogP contribution in [-0.2, 0) is 6.54 Å². The van der Waals surface area contributed by atoms with Crippen molar-refractivity contribution >= 4 is 37.5 Å². The zero-order valence-electron chi connectivity index (χ0n) is 10.2. The molecule has 0 saturated heterocycles. The molecule has 5 heteroatoms. The predicted molar refractivity (Wildman–Crippen MR) is 82.1 cm³/mol. The van der Waals surface area contributed by atoms with E-state index < -0.39 is 0 Å². The molecule has 2 aromatic carbocycles. The van der Waals surface area contributed by atoms with Crippen LogP contribution in [0.25, 0.3) is 0 Å². The van der Waals surface area contributed by atoms with Gasteiger partial charge in [0, 0.05) is 22.8 Å². The van der Waals surface area contributed by atoms with Gasteiger partial charge in [-0.3, -0.25) is 0 Å². The van der Waals surface area contributed by atoms with Gasteiger partial charge in [-0.25, -0.2) is 4.39 Å². The topological polar surface area (TPSA) is 21.3 Å². The molecule has 0 radical (unpaired) electrons. The Bertz CT molecular complexity index is 590. The van der Waals surface area contributed by atoms with Crippen LogP contribution in [0, 0.1) is 5.82 Å². The molecule has 0 aromatic heterocycles. The minimum absolute atomic E-state index is 0.257. The molecule has 0 aliphatic rings. The van der Waals surface area contributed by atoms with Gasteiger partial charge in [0.05, 0.1) is 11.6 Å². The molecule has 0 saturated carbocycles. The highest BCUT2D eigenvalue weighted by molar-refractivity contribution is 9.10. The van der Waals surface area contributed by atoms with Crippen LogP contribution in [0.1, 0.15) is 5.56 Å². The van der Waals surface area contributed by atoms with Crippen LogP contribution in [0.15, 0.2) is 45.3 Å². The van der Waals surface area contributed by atoms with Gasteiger partial charge in [0.2, 0.25) is 0 Å². The third-order valence-electron chi connectivity index (χ3n) is 2.59. The van der Waals surface area contributed by atoms with E-state index in [1.54, 1.807) is 19.2 Å². The number of hydrogen-bond acceptors (Lipinski definition) is 2. The Balaban J connectivity index is 2.09. The minimum atomic E-state index is -0.257. The van der Waals surface area contributed by atoms with Crippen LogP contribution < -0.4 is 10.1 Å². The summed E-state index contributed by atoms with van der Waals surface area (Å²) in [5.41, 5.74) is 1.93. The van der Waals surface area contributed by atoms with Crippen molar-refractivity contribution in [1.29, 1.82) is 0 Å². The van der Waals surface area contributed by atoms with E-state index in [-0.39, 0.29) is 5.82 Å². The molecule has 100 valence electrons. The summed E-state index contributed by atoms with van der Waals surface area (Å²) in [5.74, 6) is 0.519. The largest absolute Gasteiger partial charge is 0.497 e. The third-order valence-corrected chi connectivity index (χ3v) is 3.65. The fourth-order valence-electron chi connectivity index (χ4n) is 1.64. The van der Waals surface area contributed by atoms with E-state index in [1.807, 2.05) is 18.2 Å². The highest BCUT2D eigenvalue weighted by Gasteiger charge is 2.02. The summed E-state index contributed by atoms with van der Waals surface area (Å²) in [7, 11) is 1.63. The van der Waals surface area contributed by atoms with Crippen molar-refractivity contribution in [3.05, 3.63) is 56.7 Å². The van der Waals surface area contributed by atoms with Crippen molar-refractivity contribution in [2.45, 2.75) is 6.54 Å². The zero-order valence-corrected chi connectivity index (χ0v) is 13.4. The van der Waals surface area contributed by atoms with Gasteiger partial charge >= 0.3 is 0 Å². The molecule has 0 spiro atoms. The number of nitrogens with one attached hydrogen (secondary N) is 1. The Kier molecular flexibility index (Phi) is 4.82. The monoisotopic (exact) mass is 387 g/mol. The van der Waals surface area contributed by atoms with Gasteiger partial charge in [-0.05, 0) is 45.8 Å². The molecule has 0 bridgehead atoms. The summed E-state index contributed by atoms with van der Waals surface area (Å²) in [6.45, 7) is 0.610. The van der Waals surface area contributed by atoms with Crippen LogP contribution in [-0.4, -0.2) is 7.11 Å². The molecular weight excluding hydrogens is 377 g/mol. The molecule has 1 N–H and O–H groups in total. The first-order valence-electron chi connectivity index (χ1n) is 5.61. The van der Waals surface area contributed by atoms with Crippen molar-refractivity contribution in [2.24, 2.45) is 0 Å². The fourth-order valence-corrected chi connectivity index (χ4v) is 2.53. The summed E-state index contributed by atoms with van der Waals surface area (Å²) in [6.07, 6.45) is 0. The molecule has 0 amide bonds. The van der Waals surface area contributed by atoms with Gasteiger partial charge in [0.25, 0.3) is 0 Å². The van der Waals surface area contributed by atoms with E-state index in [0.717, 1.165) is 21.5 Å². The van der Waals surface area contributed by atoms with E-state index in [9.17, 15) is 4.39 Å². The normalized spacial score (nSPS) is 10.3. The maximum absolute atomic E-state index is 13.1. The van der Waals surface area contributed by atoms with Gasteiger partial charge in [0.1, 0.15) is 11.6 Å². The number of rotatable bonds is 4. The molecule has 0 fully saturated rings. The van der Waals surface area contributed by atoms with Crippen LogP contribution in [0.3, 0.4) is 0 Å². The van der Waals surface area contributed by atoms with Crippen LogP contribution in [0.4, 0.5) is 10.1 Å². The third kappa shape index (κ3) is 3.94. The summed E-state index contributed by atoms with van der Waals surface area (Å²) in [5, 5.41) is 3.27. The zero-order chi connectivity index (χ0) is 13.8. The van der Waals surface area contributed by atoms with Gasteiger partial charge < -0.3 is 10.1 Å². The smallest absolute Gasteiger partial charge is 0.137 e. The highest BCUT2D eigenvalue weighted by atomic mass is 79.9. The average molecular weight is 389 g/mol. The molecule has 0 heterocycles. The van der Waals surface area contributed by atoms with Crippen molar-refractivity contribution in [3.63, 3.8) is 0 Å². The molecule has 0 atom stereocenters. The Hall–Kier alpha value is -1.07. The second-order valence-electron chi connectivity index (χ2n) is 3.98. The van der Waals surface area contributed by atoms with Crippen molar-refractivity contribution < 1.29 is 9.13 Å². The molecule has 19 heavy (non-hydrogen) atoms. The lowest BCUT2D eigenvalue weighted by Crippen LogP contribution is -2.00. The first-order chi connectivity index (χ1) is 9.08. The predicted octanol–water partition coefficient (Wildman–Crippen LogP) is 4.97. The van der Waals surface area contributed by atoms with Gasteiger partial charge in [-0.15, -0.1) is 0 Å². The SMILES string of the molecule is COc1cc(Br)cc(NCc2ccc(F)c(Br)c2)c1. The fraction of sp³-hybridized carbons (Fsp3) is 0.143. The maximum Gasteiger partial charge on any atom is 0.137 e. The van der Waals surface area contributed by atoms with Crippen LogP contribution in [0.5, 0.6) is 5.75 Å². The van der Waals surface area contributed by atoms with E-state index in [4.69, 9.17) is 4.74 Å².